The summed E-state index contributed by atoms with van der Waals surface area (Å²) in [5.74, 6) is 1.73. The van der Waals surface area contributed by atoms with Gasteiger partial charge in [0, 0.05) is 19.1 Å². The number of aromatic nitrogens is 1. The van der Waals surface area contributed by atoms with Crippen LogP contribution in [0.1, 0.15) is 11.1 Å². The topological polar surface area (TPSA) is 51.4 Å². The molecule has 0 saturated heterocycles. The summed E-state index contributed by atoms with van der Waals surface area (Å²) < 4.78 is 5.16. The van der Waals surface area contributed by atoms with E-state index >= 15 is 0 Å². The largest absolute Gasteiger partial charge is 0.495 e. The van der Waals surface area contributed by atoms with Crippen LogP contribution < -0.4 is 15.4 Å². The Hall–Kier alpha value is -2.07. The van der Waals surface area contributed by atoms with Crippen molar-refractivity contribution < 1.29 is 4.74 Å². The summed E-state index contributed by atoms with van der Waals surface area (Å²) in [7, 11) is 1.65. The lowest BCUT2D eigenvalue weighted by molar-refractivity contribution is 0.412. The molecule has 20 heavy (non-hydrogen) atoms. The minimum Gasteiger partial charge on any atom is -0.495 e. The first-order chi connectivity index (χ1) is 9.81. The minimum absolute atomic E-state index is 0.297. The van der Waals surface area contributed by atoms with Crippen molar-refractivity contribution in [1.82, 2.24) is 4.98 Å². The lowest BCUT2D eigenvalue weighted by Crippen LogP contribution is -2.45. The Labute approximate surface area is 119 Å². The summed E-state index contributed by atoms with van der Waals surface area (Å²) in [6.45, 7) is 1.49. The van der Waals surface area contributed by atoms with Crippen LogP contribution in [0.25, 0.3) is 0 Å². The van der Waals surface area contributed by atoms with Gasteiger partial charge in [-0.1, -0.05) is 24.3 Å². The van der Waals surface area contributed by atoms with E-state index in [-0.39, 0.29) is 0 Å². The SMILES string of the molecule is COc1ccc(N2Cc3ccccc3CC2CN)nc1. The molecule has 4 nitrogen and oxygen atoms in total. The number of nitrogens with two attached hydrogens (primary N) is 1. The molecule has 0 aliphatic carbocycles. The average Bonchev–Trinajstić information content (AvgIpc) is 2.53. The number of benzene rings is 1. The highest BCUT2D eigenvalue weighted by atomic mass is 16.5. The molecule has 1 aromatic carbocycles. The highest BCUT2D eigenvalue weighted by Crippen LogP contribution is 2.27. The molecule has 1 atom stereocenters. The Bertz CT molecular complexity index is 583. The number of hydrogen-bond donors (Lipinski definition) is 1. The molecule has 1 aliphatic rings. The molecule has 0 saturated carbocycles. The molecule has 0 fully saturated rings. The second kappa shape index (κ2) is 5.51. The first-order valence-electron chi connectivity index (χ1n) is 6.85. The van der Waals surface area contributed by atoms with Gasteiger partial charge in [-0.05, 0) is 29.7 Å². The molecule has 2 aromatic rings. The number of methoxy groups -OCH3 is 1. The van der Waals surface area contributed by atoms with Gasteiger partial charge < -0.3 is 15.4 Å². The highest BCUT2D eigenvalue weighted by molar-refractivity contribution is 5.47. The van der Waals surface area contributed by atoms with Gasteiger partial charge in [-0.25, -0.2) is 4.98 Å². The van der Waals surface area contributed by atoms with E-state index in [0.717, 1.165) is 24.5 Å². The van der Waals surface area contributed by atoms with E-state index in [0.29, 0.717) is 12.6 Å². The number of anilines is 1. The van der Waals surface area contributed by atoms with Crippen molar-refractivity contribution in [3.63, 3.8) is 0 Å². The highest BCUT2D eigenvalue weighted by Gasteiger charge is 2.25. The smallest absolute Gasteiger partial charge is 0.137 e. The molecule has 1 aliphatic heterocycles. The Morgan fingerprint density at radius 1 is 1.25 bits per heavy atom. The Balaban J connectivity index is 1.91. The fourth-order valence-electron chi connectivity index (χ4n) is 2.73. The molecule has 4 heteroatoms. The molecule has 2 N–H and O–H groups in total. The van der Waals surface area contributed by atoms with Crippen LogP contribution in [0.4, 0.5) is 5.82 Å². The van der Waals surface area contributed by atoms with E-state index in [2.05, 4.69) is 34.1 Å². The van der Waals surface area contributed by atoms with Crippen LogP contribution in [0.3, 0.4) is 0 Å². The van der Waals surface area contributed by atoms with Crippen molar-refractivity contribution in [3.8, 4) is 5.75 Å². The zero-order chi connectivity index (χ0) is 13.9. The molecule has 1 aromatic heterocycles. The van der Waals surface area contributed by atoms with Crippen molar-refractivity contribution >= 4 is 5.82 Å². The van der Waals surface area contributed by atoms with Gasteiger partial charge in [-0.2, -0.15) is 0 Å². The summed E-state index contributed by atoms with van der Waals surface area (Å²) in [5, 5.41) is 0. The van der Waals surface area contributed by atoms with Crippen LogP contribution in [0.15, 0.2) is 42.6 Å². The van der Waals surface area contributed by atoms with Gasteiger partial charge in [0.15, 0.2) is 0 Å². The van der Waals surface area contributed by atoms with E-state index in [1.807, 2.05) is 12.1 Å². The first kappa shape index (κ1) is 12.9. The van der Waals surface area contributed by atoms with E-state index < -0.39 is 0 Å². The maximum atomic E-state index is 5.95. The molecule has 0 amide bonds. The lowest BCUT2D eigenvalue weighted by Gasteiger charge is -2.37. The molecule has 0 radical (unpaired) electrons. The predicted molar refractivity (Wildman–Crippen MR) is 80.0 cm³/mol. The van der Waals surface area contributed by atoms with Gasteiger partial charge in [0.1, 0.15) is 11.6 Å². The number of ether oxygens (including phenoxy) is 1. The molecule has 3 rings (SSSR count). The van der Waals surface area contributed by atoms with Gasteiger partial charge in [0.25, 0.3) is 0 Å². The van der Waals surface area contributed by atoms with Crippen molar-refractivity contribution in [2.24, 2.45) is 5.73 Å². The summed E-state index contributed by atoms with van der Waals surface area (Å²) >= 11 is 0. The Morgan fingerprint density at radius 2 is 2.05 bits per heavy atom. The summed E-state index contributed by atoms with van der Waals surface area (Å²) in [6, 6.07) is 12.8. The fraction of sp³-hybridized carbons (Fsp3) is 0.312. The van der Waals surface area contributed by atoms with E-state index in [4.69, 9.17) is 10.5 Å². The van der Waals surface area contributed by atoms with Gasteiger partial charge in [-0.3, -0.25) is 0 Å². The number of rotatable bonds is 3. The van der Waals surface area contributed by atoms with Crippen molar-refractivity contribution in [2.75, 3.05) is 18.6 Å². The molecule has 1 unspecified atom stereocenters. The molecule has 104 valence electrons. The zero-order valence-electron chi connectivity index (χ0n) is 11.6. The van der Waals surface area contributed by atoms with Crippen molar-refractivity contribution in [1.29, 1.82) is 0 Å². The first-order valence-corrected chi connectivity index (χ1v) is 6.85. The number of pyridine rings is 1. The standard InChI is InChI=1S/C16H19N3O/c1-20-15-6-7-16(18-10-15)19-11-13-5-3-2-4-12(13)8-14(19)9-17/h2-7,10,14H,8-9,11,17H2,1H3. The van der Waals surface area contributed by atoms with E-state index in [1.54, 1.807) is 13.3 Å². The van der Waals surface area contributed by atoms with Crippen LogP contribution in [-0.2, 0) is 13.0 Å². The molecular formula is C16H19N3O. The molecule has 2 heterocycles. The molecular weight excluding hydrogens is 250 g/mol. The zero-order valence-corrected chi connectivity index (χ0v) is 11.6. The Morgan fingerprint density at radius 3 is 2.70 bits per heavy atom. The van der Waals surface area contributed by atoms with E-state index in [9.17, 15) is 0 Å². The fourth-order valence-corrected chi connectivity index (χ4v) is 2.73. The van der Waals surface area contributed by atoms with Gasteiger partial charge >= 0.3 is 0 Å². The third-order valence-corrected chi connectivity index (χ3v) is 3.88. The van der Waals surface area contributed by atoms with E-state index in [1.165, 1.54) is 11.1 Å². The lowest BCUT2D eigenvalue weighted by atomic mass is 9.94. The summed E-state index contributed by atoms with van der Waals surface area (Å²) in [6.07, 6.45) is 2.73. The number of hydrogen-bond acceptors (Lipinski definition) is 4. The third kappa shape index (κ3) is 2.34. The second-order valence-corrected chi connectivity index (χ2v) is 5.05. The molecule has 0 spiro atoms. The van der Waals surface area contributed by atoms with Crippen molar-refractivity contribution in [2.45, 2.75) is 19.0 Å². The minimum atomic E-state index is 0.297. The van der Waals surface area contributed by atoms with Gasteiger partial charge in [0.2, 0.25) is 0 Å². The van der Waals surface area contributed by atoms with Crippen LogP contribution in [0, 0.1) is 0 Å². The van der Waals surface area contributed by atoms with Crippen LogP contribution in [-0.4, -0.2) is 24.7 Å². The van der Waals surface area contributed by atoms with Gasteiger partial charge in [0.05, 0.1) is 13.3 Å². The number of nitrogens with zero attached hydrogens (tertiary/aromatic N) is 2. The monoisotopic (exact) mass is 269 g/mol. The average molecular weight is 269 g/mol. The Kier molecular flexibility index (Phi) is 3.56. The molecule has 0 bridgehead atoms. The summed E-state index contributed by atoms with van der Waals surface area (Å²) in [4.78, 5) is 6.77. The predicted octanol–water partition coefficient (Wildman–Crippen LogP) is 1.98. The van der Waals surface area contributed by atoms with Crippen LogP contribution in [0.5, 0.6) is 5.75 Å². The second-order valence-electron chi connectivity index (χ2n) is 5.05. The normalized spacial score (nSPS) is 17.7. The quantitative estimate of drug-likeness (QED) is 0.925. The third-order valence-electron chi connectivity index (χ3n) is 3.88. The van der Waals surface area contributed by atoms with Crippen molar-refractivity contribution in [3.05, 3.63) is 53.7 Å². The maximum Gasteiger partial charge on any atom is 0.137 e. The van der Waals surface area contributed by atoms with Crippen LogP contribution in [0.2, 0.25) is 0 Å². The summed E-state index contributed by atoms with van der Waals surface area (Å²) in [5.41, 5.74) is 8.70. The van der Waals surface area contributed by atoms with Crippen LogP contribution >= 0.6 is 0 Å². The maximum absolute atomic E-state index is 5.95. The number of fused-ring (bicyclic) bond motifs is 1. The van der Waals surface area contributed by atoms with Gasteiger partial charge in [-0.15, -0.1) is 0 Å².